The van der Waals surface area contributed by atoms with Gasteiger partial charge in [0, 0.05) is 6.54 Å². The monoisotopic (exact) mass is 528 g/mol. The van der Waals surface area contributed by atoms with Crippen LogP contribution < -0.4 is 10.1 Å². The Bertz CT molecular complexity index is 1300. The van der Waals surface area contributed by atoms with E-state index >= 15 is 0 Å². The molecule has 1 aliphatic rings. The molecule has 2 amide bonds. The summed E-state index contributed by atoms with van der Waals surface area (Å²) in [6.45, 7) is 6.84. The van der Waals surface area contributed by atoms with Crippen LogP contribution in [0, 0.1) is 6.92 Å². The van der Waals surface area contributed by atoms with E-state index in [2.05, 4.69) is 11.9 Å². The zero-order valence-corrected chi connectivity index (χ0v) is 22.0. The van der Waals surface area contributed by atoms with E-state index in [1.807, 2.05) is 6.08 Å². The molecular weight excluding hydrogens is 496 g/mol. The van der Waals surface area contributed by atoms with Crippen molar-refractivity contribution in [3.8, 4) is 5.75 Å². The smallest absolute Gasteiger partial charge is 0.411 e. The van der Waals surface area contributed by atoms with E-state index in [1.165, 1.54) is 18.1 Å². The van der Waals surface area contributed by atoms with Crippen molar-refractivity contribution in [3.63, 3.8) is 0 Å². The molecule has 0 spiro atoms. The van der Waals surface area contributed by atoms with E-state index < -0.39 is 27.9 Å². The normalized spacial score (nSPS) is 15.5. The highest BCUT2D eigenvalue weighted by Gasteiger charge is 2.30. The van der Waals surface area contributed by atoms with Crippen LogP contribution in [0.4, 0.5) is 10.5 Å². The summed E-state index contributed by atoms with van der Waals surface area (Å²) in [5.74, 6) is 0.103. The fourth-order valence-corrected chi connectivity index (χ4v) is 5.00. The lowest BCUT2D eigenvalue weighted by Gasteiger charge is -2.35. The van der Waals surface area contributed by atoms with Crippen LogP contribution in [0.25, 0.3) is 5.57 Å². The highest BCUT2D eigenvalue weighted by Crippen LogP contribution is 2.32. The number of methoxy groups -OCH3 is 1. The minimum Gasteiger partial charge on any atom is -0.496 e. The van der Waals surface area contributed by atoms with E-state index in [-0.39, 0.29) is 41.7 Å². The van der Waals surface area contributed by atoms with E-state index in [0.29, 0.717) is 17.7 Å². The number of ether oxygens (including phenoxy) is 2. The lowest BCUT2D eigenvalue weighted by atomic mass is 9.93. The van der Waals surface area contributed by atoms with Gasteiger partial charge in [-0.25, -0.2) is 13.2 Å². The van der Waals surface area contributed by atoms with E-state index in [0.717, 1.165) is 11.1 Å². The van der Waals surface area contributed by atoms with E-state index in [4.69, 9.17) is 9.47 Å². The van der Waals surface area contributed by atoms with Gasteiger partial charge in [-0.3, -0.25) is 10.1 Å². The number of anilines is 1. The molecule has 0 saturated carbocycles. The number of amides is 2. The number of hydrogen-bond donors (Lipinski definition) is 2. The molecule has 10 heteroatoms. The van der Waals surface area contributed by atoms with Crippen molar-refractivity contribution in [3.05, 3.63) is 71.8 Å². The molecule has 2 N–H and O–H groups in total. The van der Waals surface area contributed by atoms with Crippen molar-refractivity contribution in [1.82, 2.24) is 4.90 Å². The molecule has 198 valence electrons. The predicted molar refractivity (Wildman–Crippen MR) is 142 cm³/mol. The average molecular weight is 529 g/mol. The summed E-state index contributed by atoms with van der Waals surface area (Å²) in [7, 11) is -1.81. The Morgan fingerprint density at radius 2 is 1.95 bits per heavy atom. The Hall–Kier alpha value is -3.63. The van der Waals surface area contributed by atoms with Gasteiger partial charge in [-0.2, -0.15) is 0 Å². The molecule has 1 atom stereocenters. The molecule has 0 aromatic heterocycles. The van der Waals surface area contributed by atoms with Crippen molar-refractivity contribution in [2.24, 2.45) is 0 Å². The molecule has 0 radical (unpaired) electrons. The van der Waals surface area contributed by atoms with E-state index in [9.17, 15) is 23.1 Å². The first kappa shape index (κ1) is 27.9. The second-order valence-electron chi connectivity index (χ2n) is 8.53. The molecule has 2 aromatic carbocycles. The van der Waals surface area contributed by atoms with Crippen LogP contribution in [0.2, 0.25) is 0 Å². The summed E-state index contributed by atoms with van der Waals surface area (Å²) in [6, 6.07) is 9.28. The third kappa shape index (κ3) is 6.39. The summed E-state index contributed by atoms with van der Waals surface area (Å²) in [5, 5.41) is 12.7. The fourth-order valence-electron chi connectivity index (χ4n) is 4.12. The van der Waals surface area contributed by atoms with Crippen LogP contribution in [0.15, 0.2) is 60.0 Å². The predicted octanol–water partition coefficient (Wildman–Crippen LogP) is 3.82. The number of hydrogen-bond acceptors (Lipinski definition) is 7. The number of carbonyl (C=O) groups is 2. The third-order valence-electron chi connectivity index (χ3n) is 6.20. The minimum absolute atomic E-state index is 0.0158. The topological polar surface area (TPSA) is 122 Å². The first-order valence-corrected chi connectivity index (χ1v) is 13.5. The van der Waals surface area contributed by atoms with Crippen LogP contribution >= 0.6 is 0 Å². The number of benzene rings is 2. The minimum atomic E-state index is -3.31. The fraction of sp³-hybridized carbons (Fsp3) is 0.333. The molecule has 0 saturated heterocycles. The van der Waals surface area contributed by atoms with Gasteiger partial charge in [0.1, 0.15) is 12.4 Å². The molecule has 1 heterocycles. The zero-order chi connectivity index (χ0) is 27.2. The van der Waals surface area contributed by atoms with Gasteiger partial charge in [0.05, 0.1) is 41.7 Å². The van der Waals surface area contributed by atoms with Crippen molar-refractivity contribution in [1.29, 1.82) is 0 Å². The summed E-state index contributed by atoms with van der Waals surface area (Å²) >= 11 is 0. The molecule has 1 aliphatic heterocycles. The van der Waals surface area contributed by atoms with Gasteiger partial charge >= 0.3 is 6.09 Å². The number of aliphatic hydroxyl groups excluding tert-OH is 1. The van der Waals surface area contributed by atoms with Gasteiger partial charge in [0.2, 0.25) is 0 Å². The van der Waals surface area contributed by atoms with Crippen molar-refractivity contribution < 1.29 is 32.6 Å². The first-order valence-electron chi connectivity index (χ1n) is 11.8. The van der Waals surface area contributed by atoms with Crippen molar-refractivity contribution in [2.45, 2.75) is 31.2 Å². The largest absolute Gasteiger partial charge is 0.496 e. The number of nitrogens with zero attached hydrogens (tertiary/aromatic N) is 1. The molecule has 37 heavy (non-hydrogen) atoms. The van der Waals surface area contributed by atoms with Gasteiger partial charge in [0.15, 0.2) is 9.84 Å². The Labute approximate surface area is 217 Å². The highest BCUT2D eigenvalue weighted by molar-refractivity contribution is 7.91. The second kappa shape index (κ2) is 12.1. The van der Waals surface area contributed by atoms with Gasteiger partial charge in [-0.05, 0) is 54.3 Å². The van der Waals surface area contributed by atoms with Gasteiger partial charge < -0.3 is 19.5 Å². The number of rotatable bonds is 9. The summed E-state index contributed by atoms with van der Waals surface area (Å²) in [6.07, 6.45) is 2.95. The van der Waals surface area contributed by atoms with Crippen molar-refractivity contribution >= 4 is 33.1 Å². The standard InChI is InChI=1S/C27H32N2O7S/c1-5-13-36-27(32)28-24-14-18(3)25(35-4)16-23(24)26(31)29-12-11-20(15-21(29)17-30)19-7-9-22(10-8-19)37(33,34)6-2/h5,7-11,14,16,21,30H,1,6,12-13,15,17H2,2-4H3,(H,28,32)/t21-/m0/s1. The molecule has 9 nitrogen and oxygen atoms in total. The number of aryl methyl sites for hydroxylation is 1. The molecule has 0 fully saturated rings. The second-order valence-corrected chi connectivity index (χ2v) is 10.8. The van der Waals surface area contributed by atoms with Crippen LogP contribution in [0.3, 0.4) is 0 Å². The van der Waals surface area contributed by atoms with Crippen LogP contribution in [-0.4, -0.2) is 69.1 Å². The zero-order valence-electron chi connectivity index (χ0n) is 21.2. The molecular formula is C27H32N2O7S. The Balaban J connectivity index is 1.90. The molecule has 3 rings (SSSR count). The maximum atomic E-state index is 13.7. The molecule has 0 aliphatic carbocycles. The Morgan fingerprint density at radius 1 is 1.24 bits per heavy atom. The number of sulfone groups is 1. The van der Waals surface area contributed by atoms with E-state index in [1.54, 1.807) is 50.2 Å². The van der Waals surface area contributed by atoms with Gasteiger partial charge in [0.25, 0.3) is 5.91 Å². The van der Waals surface area contributed by atoms with Crippen LogP contribution in [0.5, 0.6) is 5.75 Å². The van der Waals surface area contributed by atoms with Gasteiger partial charge in [-0.1, -0.05) is 37.8 Å². The Morgan fingerprint density at radius 3 is 2.54 bits per heavy atom. The van der Waals surface area contributed by atoms with Crippen molar-refractivity contribution in [2.75, 3.05) is 37.9 Å². The third-order valence-corrected chi connectivity index (χ3v) is 7.95. The lowest BCUT2D eigenvalue weighted by molar-refractivity contribution is 0.0619. The SMILES string of the molecule is C=CCOC(=O)Nc1cc(C)c(OC)cc1C(=O)N1CC=C(c2ccc(S(=O)(=O)CC)cc2)C[C@H]1CO. The van der Waals surface area contributed by atoms with Crippen LogP contribution in [-0.2, 0) is 14.6 Å². The summed E-state index contributed by atoms with van der Waals surface area (Å²) in [4.78, 5) is 27.6. The molecule has 0 bridgehead atoms. The number of aliphatic hydroxyl groups is 1. The summed E-state index contributed by atoms with van der Waals surface area (Å²) < 4.78 is 34.6. The lowest BCUT2D eigenvalue weighted by Crippen LogP contribution is -2.45. The average Bonchev–Trinajstić information content (AvgIpc) is 2.91. The molecule has 2 aromatic rings. The maximum Gasteiger partial charge on any atom is 0.411 e. The number of nitrogens with one attached hydrogen (secondary N) is 1. The maximum absolute atomic E-state index is 13.7. The number of carbonyl (C=O) groups excluding carboxylic acids is 2. The molecule has 0 unspecified atom stereocenters. The Kier molecular flexibility index (Phi) is 9.12. The van der Waals surface area contributed by atoms with Gasteiger partial charge in [-0.15, -0.1) is 0 Å². The quantitative estimate of drug-likeness (QED) is 0.475. The summed E-state index contributed by atoms with van der Waals surface area (Å²) in [5.41, 5.74) is 2.89. The first-order chi connectivity index (χ1) is 17.6. The van der Waals surface area contributed by atoms with Crippen LogP contribution in [0.1, 0.15) is 34.8 Å². The highest BCUT2D eigenvalue weighted by atomic mass is 32.2.